The lowest BCUT2D eigenvalue weighted by Gasteiger charge is -2.40. The van der Waals surface area contributed by atoms with Crippen LogP contribution in [0.5, 0.6) is 0 Å². The van der Waals surface area contributed by atoms with E-state index in [-0.39, 0.29) is 17.6 Å². The van der Waals surface area contributed by atoms with Gasteiger partial charge in [-0.25, -0.2) is 9.37 Å². The Balaban J connectivity index is 1.09. The molecule has 3 aliphatic rings. The quantitative estimate of drug-likeness (QED) is 0.611. The predicted octanol–water partition coefficient (Wildman–Crippen LogP) is 2.32. The number of amides is 1. The summed E-state index contributed by atoms with van der Waals surface area (Å²) in [5.41, 5.74) is 3.47. The summed E-state index contributed by atoms with van der Waals surface area (Å²) in [5.74, 6) is 1.92. The molecule has 172 valence electrons. The molecule has 2 saturated heterocycles. The van der Waals surface area contributed by atoms with E-state index in [0.29, 0.717) is 18.9 Å². The zero-order valence-electron chi connectivity index (χ0n) is 18.7. The molecule has 1 amide bonds. The summed E-state index contributed by atoms with van der Waals surface area (Å²) in [5, 5.41) is 4.44. The van der Waals surface area contributed by atoms with Crippen LogP contribution in [0.25, 0.3) is 5.78 Å². The van der Waals surface area contributed by atoms with Crippen LogP contribution in [0.15, 0.2) is 30.6 Å². The molecule has 0 atom stereocenters. The second-order valence-electron chi connectivity index (χ2n) is 9.24. The molecule has 0 unspecified atom stereocenters. The lowest BCUT2D eigenvalue weighted by molar-refractivity contribution is -0.136. The van der Waals surface area contributed by atoms with Crippen molar-refractivity contribution in [2.45, 2.75) is 32.1 Å². The first kappa shape index (κ1) is 20.4. The Morgan fingerprint density at radius 1 is 0.939 bits per heavy atom. The molecule has 8 nitrogen and oxygen atoms in total. The first-order valence-electron chi connectivity index (χ1n) is 11.9. The van der Waals surface area contributed by atoms with Gasteiger partial charge in [-0.15, -0.1) is 0 Å². The van der Waals surface area contributed by atoms with Gasteiger partial charge >= 0.3 is 0 Å². The van der Waals surface area contributed by atoms with Gasteiger partial charge < -0.3 is 14.7 Å². The molecule has 2 aromatic heterocycles. The summed E-state index contributed by atoms with van der Waals surface area (Å²) < 4.78 is 15.1. The maximum absolute atomic E-state index is 13.2. The van der Waals surface area contributed by atoms with E-state index in [2.05, 4.69) is 24.9 Å². The average molecular weight is 450 g/mol. The molecule has 2 fully saturated rings. The zero-order chi connectivity index (χ0) is 22.4. The van der Waals surface area contributed by atoms with Crippen LogP contribution in [-0.2, 0) is 17.6 Å². The number of fused-ring (bicyclic) bond motifs is 2. The molecule has 0 bridgehead atoms. The molecule has 1 aromatic carbocycles. The first-order chi connectivity index (χ1) is 16.2. The highest BCUT2D eigenvalue weighted by Gasteiger charge is 2.33. The normalized spacial score (nSPS) is 19.4. The van der Waals surface area contributed by atoms with E-state index in [4.69, 9.17) is 0 Å². The molecule has 3 aromatic rings. The summed E-state index contributed by atoms with van der Waals surface area (Å²) in [6.07, 6.45) is 6.44. The topological polar surface area (TPSA) is 69.9 Å². The number of hydrogen-bond donors (Lipinski definition) is 0. The minimum Gasteiger partial charge on any atom is -0.368 e. The predicted molar refractivity (Wildman–Crippen MR) is 123 cm³/mol. The maximum atomic E-state index is 13.2. The van der Waals surface area contributed by atoms with Crippen LogP contribution >= 0.6 is 0 Å². The number of aryl methyl sites for hydroxylation is 1. The number of aromatic nitrogens is 4. The number of hydrogen-bond acceptors (Lipinski definition) is 6. The number of carbonyl (C=O) groups excluding carboxylic acids is 1. The smallest absolute Gasteiger partial charge is 0.254 e. The van der Waals surface area contributed by atoms with Gasteiger partial charge in [-0.3, -0.25) is 4.79 Å². The summed E-state index contributed by atoms with van der Waals surface area (Å²) >= 11 is 0. The Bertz CT molecular complexity index is 1160. The van der Waals surface area contributed by atoms with Crippen molar-refractivity contribution in [1.29, 1.82) is 0 Å². The number of halogens is 1. The Kier molecular flexibility index (Phi) is 5.11. The van der Waals surface area contributed by atoms with Crippen molar-refractivity contribution in [3.8, 4) is 0 Å². The molecule has 0 saturated carbocycles. The van der Waals surface area contributed by atoms with Crippen LogP contribution in [0.2, 0.25) is 0 Å². The van der Waals surface area contributed by atoms with E-state index in [1.54, 1.807) is 6.33 Å². The van der Waals surface area contributed by atoms with Crippen LogP contribution in [0.3, 0.4) is 0 Å². The van der Waals surface area contributed by atoms with Crippen LogP contribution in [0.4, 0.5) is 15.9 Å². The van der Waals surface area contributed by atoms with E-state index >= 15 is 0 Å². The summed E-state index contributed by atoms with van der Waals surface area (Å²) in [7, 11) is 0. The van der Waals surface area contributed by atoms with E-state index < -0.39 is 0 Å². The minimum absolute atomic E-state index is 0.0692. The Morgan fingerprint density at radius 2 is 1.70 bits per heavy atom. The number of piperidine rings is 1. The number of rotatable bonds is 3. The van der Waals surface area contributed by atoms with E-state index in [0.717, 1.165) is 75.5 Å². The Morgan fingerprint density at radius 3 is 2.45 bits per heavy atom. The molecular weight excluding hydrogens is 421 g/mol. The third-order valence-electron chi connectivity index (χ3n) is 7.35. The highest BCUT2D eigenvalue weighted by atomic mass is 19.1. The fourth-order valence-corrected chi connectivity index (χ4v) is 5.56. The largest absolute Gasteiger partial charge is 0.368 e. The molecule has 0 N–H and O–H groups in total. The fourth-order valence-electron chi connectivity index (χ4n) is 5.56. The number of anilines is 2. The van der Waals surface area contributed by atoms with Gasteiger partial charge in [0.05, 0.1) is 5.69 Å². The zero-order valence-corrected chi connectivity index (χ0v) is 18.7. The lowest BCUT2D eigenvalue weighted by Crippen LogP contribution is -2.51. The van der Waals surface area contributed by atoms with Gasteiger partial charge in [0.25, 0.3) is 5.78 Å². The standard InChI is InChI=1S/C24H28FN7O/c25-18-4-6-19(7-5-18)29-12-14-31(15-13-29)23(33)17-8-10-30(11-9-17)22-20-2-1-3-21(20)28-24-26-16-27-32(22)24/h4-7,16-17H,1-3,8-15H2. The van der Waals surface area contributed by atoms with Crippen molar-refractivity contribution in [2.75, 3.05) is 49.1 Å². The molecule has 1 aliphatic carbocycles. The molecule has 0 radical (unpaired) electrons. The average Bonchev–Trinajstić information content (AvgIpc) is 3.52. The molecule has 4 heterocycles. The SMILES string of the molecule is O=C(C1CCN(c2c3c(nc4ncnn24)CCC3)CC1)N1CCN(c2ccc(F)cc2)CC1. The van der Waals surface area contributed by atoms with Crippen molar-refractivity contribution in [1.82, 2.24) is 24.5 Å². The molecule has 0 spiro atoms. The summed E-state index contributed by atoms with van der Waals surface area (Å²) in [4.78, 5) is 28.9. The molecule has 9 heteroatoms. The van der Waals surface area contributed by atoms with E-state index in [9.17, 15) is 9.18 Å². The molecule has 2 aliphatic heterocycles. The highest BCUT2D eigenvalue weighted by Crippen LogP contribution is 2.33. The van der Waals surface area contributed by atoms with Gasteiger partial charge in [-0.1, -0.05) is 0 Å². The maximum Gasteiger partial charge on any atom is 0.254 e. The number of carbonyl (C=O) groups is 1. The van der Waals surface area contributed by atoms with Crippen molar-refractivity contribution in [3.63, 3.8) is 0 Å². The fraction of sp³-hybridized carbons (Fsp3) is 0.500. The van der Waals surface area contributed by atoms with E-state index in [1.165, 1.54) is 17.7 Å². The third kappa shape index (κ3) is 3.69. The second kappa shape index (κ2) is 8.28. The highest BCUT2D eigenvalue weighted by molar-refractivity contribution is 5.79. The van der Waals surface area contributed by atoms with Gasteiger partial charge in [-0.05, 0) is 56.4 Å². The van der Waals surface area contributed by atoms with E-state index in [1.807, 2.05) is 21.5 Å². The number of benzene rings is 1. The van der Waals surface area contributed by atoms with Crippen LogP contribution in [0, 0.1) is 11.7 Å². The molecule has 33 heavy (non-hydrogen) atoms. The molecule has 6 rings (SSSR count). The number of nitrogens with zero attached hydrogens (tertiary/aromatic N) is 7. The summed E-state index contributed by atoms with van der Waals surface area (Å²) in [6, 6.07) is 6.60. The number of piperazine rings is 1. The minimum atomic E-state index is -0.222. The van der Waals surface area contributed by atoms with Crippen molar-refractivity contribution in [2.24, 2.45) is 5.92 Å². The third-order valence-corrected chi connectivity index (χ3v) is 7.35. The van der Waals surface area contributed by atoms with Crippen molar-refractivity contribution < 1.29 is 9.18 Å². The summed E-state index contributed by atoms with van der Waals surface area (Å²) in [6.45, 7) is 4.68. The first-order valence-corrected chi connectivity index (χ1v) is 11.9. The lowest BCUT2D eigenvalue weighted by atomic mass is 9.94. The van der Waals surface area contributed by atoms with Gasteiger partial charge in [0.2, 0.25) is 5.91 Å². The Hall–Kier alpha value is -3.23. The van der Waals surface area contributed by atoms with Crippen LogP contribution < -0.4 is 9.80 Å². The van der Waals surface area contributed by atoms with Crippen LogP contribution in [0.1, 0.15) is 30.5 Å². The molecular formula is C24H28FN7O. The van der Waals surface area contributed by atoms with Gasteiger partial charge in [0.15, 0.2) is 0 Å². The second-order valence-corrected chi connectivity index (χ2v) is 9.24. The van der Waals surface area contributed by atoms with Gasteiger partial charge in [-0.2, -0.15) is 14.6 Å². The van der Waals surface area contributed by atoms with Crippen molar-refractivity contribution in [3.05, 3.63) is 47.7 Å². The van der Waals surface area contributed by atoms with Gasteiger partial charge in [0.1, 0.15) is 18.0 Å². The monoisotopic (exact) mass is 449 g/mol. The van der Waals surface area contributed by atoms with Crippen molar-refractivity contribution >= 4 is 23.2 Å². The van der Waals surface area contributed by atoms with Crippen LogP contribution in [-0.4, -0.2) is 69.7 Å². The Labute approximate surface area is 192 Å². The van der Waals surface area contributed by atoms with Gasteiger partial charge in [0, 0.05) is 56.4 Å².